The van der Waals surface area contributed by atoms with Gasteiger partial charge in [0.05, 0.1) is 19.3 Å². The van der Waals surface area contributed by atoms with Crippen LogP contribution >= 0.6 is 15.9 Å². The number of hydrogen-bond donors (Lipinski definition) is 2. The second-order valence-electron chi connectivity index (χ2n) is 6.22. The van der Waals surface area contributed by atoms with E-state index in [9.17, 15) is 4.79 Å². The van der Waals surface area contributed by atoms with Crippen molar-refractivity contribution in [1.29, 1.82) is 0 Å². The molecule has 1 amide bonds. The van der Waals surface area contributed by atoms with Gasteiger partial charge < -0.3 is 15.4 Å². The molecule has 5 heteroatoms. The van der Waals surface area contributed by atoms with E-state index in [1.807, 2.05) is 12.1 Å². The van der Waals surface area contributed by atoms with E-state index in [0.29, 0.717) is 18.9 Å². The molecule has 2 N–H and O–H groups in total. The van der Waals surface area contributed by atoms with Crippen LogP contribution in [0.2, 0.25) is 0 Å². The number of hydrogen-bond acceptors (Lipinski definition) is 3. The van der Waals surface area contributed by atoms with E-state index in [1.165, 1.54) is 24.8 Å². The SMILES string of the molecule is O=C(CC1COCCN1)NC(c1ccc(Br)cc1)C1CCC1. The summed E-state index contributed by atoms with van der Waals surface area (Å²) in [6, 6.07) is 8.58. The first-order valence-corrected chi connectivity index (χ1v) is 8.87. The lowest BCUT2D eigenvalue weighted by Crippen LogP contribution is -2.45. The molecule has 1 saturated carbocycles. The van der Waals surface area contributed by atoms with E-state index < -0.39 is 0 Å². The summed E-state index contributed by atoms with van der Waals surface area (Å²) in [5.41, 5.74) is 1.20. The highest BCUT2D eigenvalue weighted by Gasteiger charge is 2.30. The molecule has 4 nitrogen and oxygen atoms in total. The van der Waals surface area contributed by atoms with Crippen LogP contribution in [-0.2, 0) is 9.53 Å². The van der Waals surface area contributed by atoms with Gasteiger partial charge in [-0.1, -0.05) is 34.5 Å². The maximum Gasteiger partial charge on any atom is 0.222 e. The monoisotopic (exact) mass is 366 g/mol. The first-order chi connectivity index (χ1) is 10.7. The fourth-order valence-electron chi connectivity index (χ4n) is 3.12. The minimum Gasteiger partial charge on any atom is -0.378 e. The number of rotatable bonds is 5. The molecule has 1 saturated heterocycles. The van der Waals surface area contributed by atoms with Crippen LogP contribution in [0.4, 0.5) is 0 Å². The smallest absolute Gasteiger partial charge is 0.222 e. The standard InChI is InChI=1S/C17H23BrN2O2/c18-14-6-4-13(5-7-14)17(12-2-1-3-12)20-16(21)10-15-11-22-9-8-19-15/h4-7,12,15,17,19H,1-3,8-11H2,(H,20,21). The highest BCUT2D eigenvalue weighted by Crippen LogP contribution is 2.38. The van der Waals surface area contributed by atoms with Gasteiger partial charge >= 0.3 is 0 Å². The predicted molar refractivity (Wildman–Crippen MR) is 89.6 cm³/mol. The molecule has 1 aliphatic heterocycles. The van der Waals surface area contributed by atoms with E-state index in [-0.39, 0.29) is 18.0 Å². The third-order valence-corrected chi connectivity index (χ3v) is 5.13. The Bertz CT molecular complexity index is 496. The normalized spacial score (nSPS) is 23.6. The number of nitrogens with one attached hydrogen (secondary N) is 2. The number of ether oxygens (including phenoxy) is 1. The molecule has 0 aromatic heterocycles. The van der Waals surface area contributed by atoms with Gasteiger partial charge in [0.25, 0.3) is 0 Å². The van der Waals surface area contributed by atoms with Gasteiger partial charge in [-0.2, -0.15) is 0 Å². The molecule has 2 atom stereocenters. The van der Waals surface area contributed by atoms with Gasteiger partial charge in [0.1, 0.15) is 0 Å². The second-order valence-corrected chi connectivity index (χ2v) is 7.13. The van der Waals surface area contributed by atoms with Crippen LogP contribution in [0.1, 0.15) is 37.3 Å². The quantitative estimate of drug-likeness (QED) is 0.842. The van der Waals surface area contributed by atoms with Crippen LogP contribution in [0.25, 0.3) is 0 Å². The second kappa shape index (κ2) is 7.57. The third-order valence-electron chi connectivity index (χ3n) is 4.60. The Labute approximate surface area is 140 Å². The lowest BCUT2D eigenvalue weighted by molar-refractivity contribution is -0.123. The Balaban J connectivity index is 1.62. The maximum atomic E-state index is 12.4. The van der Waals surface area contributed by atoms with E-state index in [0.717, 1.165) is 17.6 Å². The molecule has 2 aliphatic rings. The number of carbonyl (C=O) groups is 1. The summed E-state index contributed by atoms with van der Waals surface area (Å²) < 4.78 is 6.49. The summed E-state index contributed by atoms with van der Waals surface area (Å²) in [4.78, 5) is 12.4. The first kappa shape index (κ1) is 16.0. The van der Waals surface area contributed by atoms with E-state index >= 15 is 0 Å². The topological polar surface area (TPSA) is 50.4 Å². The van der Waals surface area contributed by atoms with Crippen LogP contribution in [0.3, 0.4) is 0 Å². The van der Waals surface area contributed by atoms with Crippen LogP contribution < -0.4 is 10.6 Å². The summed E-state index contributed by atoms with van der Waals surface area (Å²) >= 11 is 3.47. The van der Waals surface area contributed by atoms with Crippen LogP contribution in [0.5, 0.6) is 0 Å². The molecular formula is C17H23BrN2O2. The summed E-state index contributed by atoms with van der Waals surface area (Å²) in [7, 11) is 0. The largest absolute Gasteiger partial charge is 0.378 e. The van der Waals surface area contributed by atoms with E-state index in [1.54, 1.807) is 0 Å². The number of carbonyl (C=O) groups excluding carboxylic acids is 1. The summed E-state index contributed by atoms with van der Waals surface area (Å²) in [6.45, 7) is 2.19. The maximum absolute atomic E-state index is 12.4. The highest BCUT2D eigenvalue weighted by atomic mass is 79.9. The fourth-order valence-corrected chi connectivity index (χ4v) is 3.39. The van der Waals surface area contributed by atoms with Crippen molar-refractivity contribution in [2.75, 3.05) is 19.8 Å². The van der Waals surface area contributed by atoms with Crippen molar-refractivity contribution in [1.82, 2.24) is 10.6 Å². The molecule has 22 heavy (non-hydrogen) atoms. The molecule has 2 fully saturated rings. The molecule has 0 radical (unpaired) electrons. The molecule has 1 aromatic rings. The van der Waals surface area contributed by atoms with Gasteiger partial charge in [-0.15, -0.1) is 0 Å². The summed E-state index contributed by atoms with van der Waals surface area (Å²) in [5, 5.41) is 6.59. The zero-order valence-electron chi connectivity index (χ0n) is 12.7. The van der Waals surface area contributed by atoms with Gasteiger partial charge in [0.2, 0.25) is 5.91 Å². The molecule has 3 rings (SSSR count). The Hall–Kier alpha value is -0.910. The molecule has 2 unspecified atom stereocenters. The number of halogens is 1. The van der Waals surface area contributed by atoms with Gasteiger partial charge in [-0.25, -0.2) is 0 Å². The van der Waals surface area contributed by atoms with Crippen molar-refractivity contribution >= 4 is 21.8 Å². The van der Waals surface area contributed by atoms with Crippen molar-refractivity contribution < 1.29 is 9.53 Å². The van der Waals surface area contributed by atoms with Gasteiger partial charge in [-0.3, -0.25) is 4.79 Å². The van der Waals surface area contributed by atoms with Gasteiger partial charge in [0.15, 0.2) is 0 Å². The van der Waals surface area contributed by atoms with Gasteiger partial charge in [0, 0.05) is 23.5 Å². The Morgan fingerprint density at radius 2 is 2.14 bits per heavy atom. The van der Waals surface area contributed by atoms with Crippen LogP contribution in [0.15, 0.2) is 28.7 Å². The Morgan fingerprint density at radius 3 is 2.73 bits per heavy atom. The molecule has 1 aromatic carbocycles. The zero-order valence-corrected chi connectivity index (χ0v) is 14.3. The predicted octanol–water partition coefficient (Wildman–Crippen LogP) is 2.79. The summed E-state index contributed by atoms with van der Waals surface area (Å²) in [5.74, 6) is 0.684. The molecule has 0 spiro atoms. The van der Waals surface area contributed by atoms with Crippen molar-refractivity contribution in [2.45, 2.75) is 37.8 Å². The molecule has 1 heterocycles. The van der Waals surface area contributed by atoms with Crippen LogP contribution in [-0.4, -0.2) is 31.7 Å². The third kappa shape index (κ3) is 4.09. The minimum atomic E-state index is 0.114. The van der Waals surface area contributed by atoms with E-state index in [4.69, 9.17) is 4.74 Å². The van der Waals surface area contributed by atoms with Crippen molar-refractivity contribution in [3.8, 4) is 0 Å². The molecule has 1 aliphatic carbocycles. The van der Waals surface area contributed by atoms with Crippen molar-refractivity contribution in [3.05, 3.63) is 34.3 Å². The molecular weight excluding hydrogens is 344 g/mol. The Kier molecular flexibility index (Phi) is 5.50. The number of benzene rings is 1. The average Bonchev–Trinajstić information content (AvgIpc) is 2.46. The first-order valence-electron chi connectivity index (χ1n) is 8.08. The highest BCUT2D eigenvalue weighted by molar-refractivity contribution is 9.10. The summed E-state index contributed by atoms with van der Waals surface area (Å²) in [6.07, 6.45) is 4.16. The zero-order chi connectivity index (χ0) is 15.4. The molecule has 120 valence electrons. The lowest BCUT2D eigenvalue weighted by atomic mass is 9.77. The van der Waals surface area contributed by atoms with Crippen molar-refractivity contribution in [3.63, 3.8) is 0 Å². The van der Waals surface area contributed by atoms with Gasteiger partial charge in [-0.05, 0) is 36.5 Å². The lowest BCUT2D eigenvalue weighted by Gasteiger charge is -2.35. The average molecular weight is 367 g/mol. The number of amides is 1. The molecule has 0 bridgehead atoms. The number of morpholine rings is 1. The van der Waals surface area contributed by atoms with Crippen molar-refractivity contribution in [2.24, 2.45) is 5.92 Å². The minimum absolute atomic E-state index is 0.114. The van der Waals surface area contributed by atoms with Crippen LogP contribution in [0, 0.1) is 5.92 Å². The van der Waals surface area contributed by atoms with E-state index in [2.05, 4.69) is 38.7 Å². The fraction of sp³-hybridized carbons (Fsp3) is 0.588. The Morgan fingerprint density at radius 1 is 1.36 bits per heavy atom.